The van der Waals surface area contributed by atoms with Crippen molar-refractivity contribution in [3.05, 3.63) is 23.3 Å². The zero-order valence-electron chi connectivity index (χ0n) is 10.3. The maximum absolute atomic E-state index is 10.9. The lowest BCUT2D eigenvalue weighted by atomic mass is 10.0. The highest BCUT2D eigenvalue weighted by Crippen LogP contribution is 2.33. The number of aliphatic carboxylic acids is 1. The van der Waals surface area contributed by atoms with E-state index >= 15 is 0 Å². The maximum Gasteiger partial charge on any atom is 0.306 e. The van der Waals surface area contributed by atoms with Crippen LogP contribution in [0.5, 0.6) is 0 Å². The van der Waals surface area contributed by atoms with E-state index in [4.69, 9.17) is 5.11 Å². The van der Waals surface area contributed by atoms with Crippen molar-refractivity contribution in [2.75, 3.05) is 0 Å². The summed E-state index contributed by atoms with van der Waals surface area (Å²) in [6.45, 7) is 0.605. The van der Waals surface area contributed by atoms with Crippen molar-refractivity contribution in [1.82, 2.24) is 9.97 Å². The molecule has 0 bridgehead atoms. The van der Waals surface area contributed by atoms with Crippen molar-refractivity contribution in [2.45, 2.75) is 32.2 Å². The number of hydrogen-bond donors (Lipinski definition) is 1. The Hall–Kier alpha value is -1.30. The molecule has 0 unspecified atom stereocenters. The molecule has 0 radical (unpaired) electrons. The highest BCUT2D eigenvalue weighted by Gasteiger charge is 2.30. The number of carbonyl (C=O) groups is 1. The average molecular weight is 324 g/mol. The molecule has 100 valence electrons. The van der Waals surface area contributed by atoms with Crippen LogP contribution in [0.15, 0.2) is 11.2 Å². The van der Waals surface area contributed by atoms with Crippen LogP contribution < -0.4 is 0 Å². The van der Waals surface area contributed by atoms with Crippen molar-refractivity contribution in [2.24, 2.45) is 16.8 Å². The molecule has 1 fully saturated rings. The molecule has 5 nitrogen and oxygen atoms in total. The molecule has 19 heavy (non-hydrogen) atoms. The summed E-state index contributed by atoms with van der Waals surface area (Å²) in [5.74, 6) is 0.351. The van der Waals surface area contributed by atoms with Crippen LogP contribution in [0, 0.1) is 11.8 Å². The summed E-state index contributed by atoms with van der Waals surface area (Å²) < 4.78 is 0.820. The molecule has 1 aromatic heterocycles. The van der Waals surface area contributed by atoms with Gasteiger partial charge in [0.2, 0.25) is 0 Å². The van der Waals surface area contributed by atoms with Gasteiger partial charge in [0, 0.05) is 18.2 Å². The summed E-state index contributed by atoms with van der Waals surface area (Å²) in [6, 6.07) is 0. The van der Waals surface area contributed by atoms with Crippen LogP contribution in [-0.4, -0.2) is 25.7 Å². The molecule has 0 saturated heterocycles. The van der Waals surface area contributed by atoms with Gasteiger partial charge in [-0.05, 0) is 41.1 Å². The zero-order valence-corrected chi connectivity index (χ0v) is 11.9. The van der Waals surface area contributed by atoms with Gasteiger partial charge in [-0.2, -0.15) is 0 Å². The summed E-state index contributed by atoms with van der Waals surface area (Å²) in [5.41, 5.74) is 1.93. The van der Waals surface area contributed by atoms with Crippen molar-refractivity contribution >= 4 is 26.5 Å². The van der Waals surface area contributed by atoms with E-state index in [0.29, 0.717) is 12.5 Å². The minimum atomic E-state index is -0.672. The predicted octanol–water partition coefficient (Wildman–Crippen LogP) is 2.18. The number of carboxylic acid groups (broad SMARTS) is 1. The normalized spacial score (nSPS) is 25.2. The zero-order chi connectivity index (χ0) is 13.4. The molecular formula is C13H14BrN3O2. The second-order valence-electron chi connectivity index (χ2n) is 5.17. The van der Waals surface area contributed by atoms with Gasteiger partial charge in [0.05, 0.1) is 18.2 Å². The first-order chi connectivity index (χ1) is 9.13. The number of carboxylic acids is 1. The van der Waals surface area contributed by atoms with Gasteiger partial charge in [0.25, 0.3) is 0 Å². The van der Waals surface area contributed by atoms with Gasteiger partial charge in [0.1, 0.15) is 10.4 Å². The average Bonchev–Trinajstić information content (AvgIpc) is 2.97. The molecule has 0 spiro atoms. The summed E-state index contributed by atoms with van der Waals surface area (Å²) in [5, 5.41) is 9.00. The molecule has 2 atom stereocenters. The fourth-order valence-corrected chi connectivity index (χ4v) is 3.28. The number of hydrogen-bond acceptors (Lipinski definition) is 4. The Morgan fingerprint density at radius 2 is 2.32 bits per heavy atom. The van der Waals surface area contributed by atoms with Gasteiger partial charge in [-0.3, -0.25) is 9.79 Å². The molecule has 3 rings (SSSR count). The number of nitrogens with zero attached hydrogens (tertiary/aromatic N) is 3. The molecule has 2 aliphatic rings. The van der Waals surface area contributed by atoms with Crippen molar-refractivity contribution in [3.63, 3.8) is 0 Å². The van der Waals surface area contributed by atoms with Crippen LogP contribution >= 0.6 is 15.9 Å². The van der Waals surface area contributed by atoms with E-state index in [1.165, 1.54) is 0 Å². The molecule has 1 aromatic rings. The molecule has 1 saturated carbocycles. The Morgan fingerprint density at radius 3 is 3.05 bits per heavy atom. The Morgan fingerprint density at radius 1 is 1.47 bits per heavy atom. The summed E-state index contributed by atoms with van der Waals surface area (Å²) in [4.78, 5) is 24.1. The summed E-state index contributed by atoms with van der Waals surface area (Å²) in [6.07, 6.45) is 5.06. The Balaban J connectivity index is 1.67. The first kappa shape index (κ1) is 12.7. The van der Waals surface area contributed by atoms with Crippen LogP contribution in [0.4, 0.5) is 0 Å². The number of aliphatic imine (C=N–C) groups is 1. The first-order valence-corrected chi connectivity index (χ1v) is 7.20. The van der Waals surface area contributed by atoms with Crippen LogP contribution in [0.25, 0.3) is 0 Å². The van der Waals surface area contributed by atoms with Crippen molar-refractivity contribution in [3.8, 4) is 0 Å². The summed E-state index contributed by atoms with van der Waals surface area (Å²) in [7, 11) is 0. The monoisotopic (exact) mass is 323 g/mol. The van der Waals surface area contributed by atoms with Crippen LogP contribution in [-0.2, 0) is 17.8 Å². The largest absolute Gasteiger partial charge is 0.481 e. The SMILES string of the molecule is O=C(O)[C@@H]1CC[C@@H](Cc2ncc3c(n2)CN=C3Br)C1. The maximum atomic E-state index is 10.9. The first-order valence-electron chi connectivity index (χ1n) is 6.41. The molecular weight excluding hydrogens is 310 g/mol. The second kappa shape index (κ2) is 5.00. The van der Waals surface area contributed by atoms with E-state index < -0.39 is 5.97 Å². The second-order valence-corrected chi connectivity index (χ2v) is 5.92. The molecule has 1 aliphatic carbocycles. The third-order valence-electron chi connectivity index (χ3n) is 3.87. The highest BCUT2D eigenvalue weighted by atomic mass is 79.9. The number of fused-ring (bicyclic) bond motifs is 1. The van der Waals surface area contributed by atoms with Gasteiger partial charge >= 0.3 is 5.97 Å². The van der Waals surface area contributed by atoms with E-state index in [2.05, 4.69) is 30.9 Å². The Bertz CT molecular complexity index is 559. The minimum Gasteiger partial charge on any atom is -0.481 e. The third-order valence-corrected chi connectivity index (χ3v) is 4.55. The fourth-order valence-electron chi connectivity index (χ4n) is 2.82. The molecule has 0 aromatic carbocycles. The van der Waals surface area contributed by atoms with E-state index in [1.807, 2.05) is 6.20 Å². The van der Waals surface area contributed by atoms with Crippen LogP contribution in [0.2, 0.25) is 0 Å². The van der Waals surface area contributed by atoms with Gasteiger partial charge in [-0.1, -0.05) is 0 Å². The van der Waals surface area contributed by atoms with Crippen molar-refractivity contribution < 1.29 is 9.90 Å². The van der Waals surface area contributed by atoms with Gasteiger partial charge in [-0.25, -0.2) is 9.97 Å². The minimum absolute atomic E-state index is 0.183. The van der Waals surface area contributed by atoms with E-state index in [0.717, 1.165) is 47.4 Å². The van der Waals surface area contributed by atoms with Crippen LogP contribution in [0.3, 0.4) is 0 Å². The van der Waals surface area contributed by atoms with Gasteiger partial charge in [0.15, 0.2) is 0 Å². The lowest BCUT2D eigenvalue weighted by Crippen LogP contribution is -2.11. The lowest BCUT2D eigenvalue weighted by molar-refractivity contribution is -0.141. The van der Waals surface area contributed by atoms with Crippen LogP contribution in [0.1, 0.15) is 36.3 Å². The Kier molecular flexibility index (Phi) is 3.35. The molecule has 6 heteroatoms. The standard InChI is InChI=1S/C13H14BrN3O2/c14-12-9-5-15-11(17-10(9)6-16-12)4-7-1-2-8(3-7)13(18)19/h5,7-8H,1-4,6H2,(H,18,19)/t7-,8-/m1/s1. The highest BCUT2D eigenvalue weighted by molar-refractivity contribution is 9.18. The van der Waals surface area contributed by atoms with E-state index in [9.17, 15) is 4.79 Å². The number of rotatable bonds is 3. The fraction of sp³-hybridized carbons (Fsp3) is 0.538. The molecule has 2 heterocycles. The number of aromatic nitrogens is 2. The van der Waals surface area contributed by atoms with Gasteiger partial charge < -0.3 is 5.11 Å². The predicted molar refractivity (Wildman–Crippen MR) is 73.4 cm³/mol. The van der Waals surface area contributed by atoms with E-state index in [-0.39, 0.29) is 5.92 Å². The summed E-state index contributed by atoms with van der Waals surface area (Å²) >= 11 is 3.38. The third kappa shape index (κ3) is 2.54. The molecule has 0 amide bonds. The van der Waals surface area contributed by atoms with Crippen molar-refractivity contribution in [1.29, 1.82) is 0 Å². The number of halogens is 1. The molecule has 1 aliphatic heterocycles. The van der Waals surface area contributed by atoms with E-state index in [1.54, 1.807) is 0 Å². The quantitative estimate of drug-likeness (QED) is 0.925. The smallest absolute Gasteiger partial charge is 0.306 e. The Labute approximate surface area is 119 Å². The molecule has 1 N–H and O–H groups in total. The van der Waals surface area contributed by atoms with Gasteiger partial charge in [-0.15, -0.1) is 0 Å². The lowest BCUT2D eigenvalue weighted by Gasteiger charge is -2.09. The topological polar surface area (TPSA) is 75.4 Å².